The van der Waals surface area contributed by atoms with E-state index >= 15 is 0 Å². The zero-order chi connectivity index (χ0) is 11.3. The molecule has 0 aliphatic heterocycles. The average Bonchev–Trinajstić information content (AvgIpc) is 2.20. The minimum Gasteiger partial charge on any atom is -0.396 e. The van der Waals surface area contributed by atoms with Crippen LogP contribution < -0.4 is 5.32 Å². The minimum absolute atomic E-state index is 0.0373. The highest BCUT2D eigenvalue weighted by Crippen LogP contribution is 2.15. The molecule has 0 heterocycles. The third-order valence-electron chi connectivity index (χ3n) is 1.82. The summed E-state index contributed by atoms with van der Waals surface area (Å²) in [5, 5.41) is 11.0. The van der Waals surface area contributed by atoms with Gasteiger partial charge in [0.25, 0.3) is 0 Å². The van der Waals surface area contributed by atoms with Crippen LogP contribution in [0.1, 0.15) is 12.0 Å². The van der Waals surface area contributed by atoms with Gasteiger partial charge in [-0.3, -0.25) is 4.79 Å². The first-order valence-electron chi connectivity index (χ1n) is 4.45. The molecule has 5 heteroatoms. The second-order valence-corrected chi connectivity index (χ2v) is 3.90. The van der Waals surface area contributed by atoms with E-state index in [1.165, 1.54) is 6.07 Å². The number of carbonyl (C=O) groups is 1. The van der Waals surface area contributed by atoms with Gasteiger partial charge < -0.3 is 10.4 Å². The number of halogens is 2. The second-order valence-electron chi connectivity index (χ2n) is 2.99. The third kappa shape index (κ3) is 3.97. The first-order valence-corrected chi connectivity index (χ1v) is 5.24. The van der Waals surface area contributed by atoms with E-state index in [9.17, 15) is 9.18 Å². The summed E-state index contributed by atoms with van der Waals surface area (Å²) in [4.78, 5) is 11.0. The van der Waals surface area contributed by atoms with Crippen LogP contribution in [0.2, 0.25) is 0 Å². The molecule has 0 saturated heterocycles. The molecule has 3 nitrogen and oxygen atoms in total. The first kappa shape index (κ1) is 12.1. The van der Waals surface area contributed by atoms with Crippen molar-refractivity contribution in [1.82, 2.24) is 5.32 Å². The largest absolute Gasteiger partial charge is 0.396 e. The van der Waals surface area contributed by atoms with Crippen molar-refractivity contribution in [2.24, 2.45) is 0 Å². The van der Waals surface area contributed by atoms with Crippen LogP contribution in [0.4, 0.5) is 4.39 Å². The zero-order valence-corrected chi connectivity index (χ0v) is 9.55. The summed E-state index contributed by atoms with van der Waals surface area (Å²) in [6.45, 7) is -0.0725. The van der Waals surface area contributed by atoms with Crippen LogP contribution in [0, 0.1) is 5.82 Å². The number of rotatable bonds is 4. The van der Waals surface area contributed by atoms with Crippen molar-refractivity contribution in [3.05, 3.63) is 34.1 Å². The molecule has 0 unspecified atom stereocenters. The Hall–Kier alpha value is -0.940. The van der Waals surface area contributed by atoms with Crippen LogP contribution in [0.15, 0.2) is 22.7 Å². The predicted octanol–water partition coefficient (Wildman–Crippen LogP) is 1.59. The van der Waals surface area contributed by atoms with E-state index in [2.05, 4.69) is 21.2 Å². The van der Waals surface area contributed by atoms with Gasteiger partial charge in [0.15, 0.2) is 0 Å². The Bertz CT molecular complexity index is 357. The van der Waals surface area contributed by atoms with E-state index in [-0.39, 0.29) is 31.3 Å². The van der Waals surface area contributed by atoms with E-state index in [1.54, 1.807) is 12.1 Å². The van der Waals surface area contributed by atoms with Crippen molar-refractivity contribution in [2.75, 3.05) is 6.61 Å². The van der Waals surface area contributed by atoms with Gasteiger partial charge in [0, 0.05) is 23.0 Å². The average molecular weight is 276 g/mol. The zero-order valence-electron chi connectivity index (χ0n) is 7.96. The van der Waals surface area contributed by atoms with Gasteiger partial charge in [0.2, 0.25) is 5.91 Å². The Morgan fingerprint density at radius 1 is 1.53 bits per heavy atom. The van der Waals surface area contributed by atoms with Crippen molar-refractivity contribution in [1.29, 1.82) is 0 Å². The molecule has 1 aromatic rings. The summed E-state index contributed by atoms with van der Waals surface area (Å²) < 4.78 is 13.9. The predicted molar refractivity (Wildman–Crippen MR) is 57.6 cm³/mol. The lowest BCUT2D eigenvalue weighted by atomic mass is 10.2. The Morgan fingerprint density at radius 2 is 2.27 bits per heavy atom. The summed E-state index contributed by atoms with van der Waals surface area (Å²) >= 11 is 3.21. The topological polar surface area (TPSA) is 49.3 Å². The number of hydrogen-bond acceptors (Lipinski definition) is 2. The van der Waals surface area contributed by atoms with Gasteiger partial charge in [-0.25, -0.2) is 4.39 Å². The molecule has 1 amide bonds. The fraction of sp³-hybridized carbons (Fsp3) is 0.300. The highest BCUT2D eigenvalue weighted by atomic mass is 79.9. The van der Waals surface area contributed by atoms with Gasteiger partial charge in [0.05, 0.1) is 6.61 Å². The first-order chi connectivity index (χ1) is 7.13. The van der Waals surface area contributed by atoms with E-state index in [0.29, 0.717) is 5.56 Å². The number of aliphatic hydroxyl groups is 1. The molecule has 0 atom stereocenters. The van der Waals surface area contributed by atoms with Crippen molar-refractivity contribution in [2.45, 2.75) is 13.0 Å². The number of carbonyl (C=O) groups excluding carboxylic acids is 1. The maximum Gasteiger partial charge on any atom is 0.222 e. The molecular formula is C10H11BrFNO2. The van der Waals surface area contributed by atoms with Crippen LogP contribution in [0.25, 0.3) is 0 Å². The number of nitrogens with one attached hydrogen (secondary N) is 1. The van der Waals surface area contributed by atoms with Crippen LogP contribution >= 0.6 is 15.9 Å². The lowest BCUT2D eigenvalue weighted by Crippen LogP contribution is -2.23. The Morgan fingerprint density at radius 3 is 2.93 bits per heavy atom. The fourth-order valence-electron chi connectivity index (χ4n) is 1.06. The molecule has 15 heavy (non-hydrogen) atoms. The van der Waals surface area contributed by atoms with Gasteiger partial charge in [-0.1, -0.05) is 15.9 Å². The van der Waals surface area contributed by atoms with Crippen molar-refractivity contribution in [3.63, 3.8) is 0 Å². The molecule has 0 spiro atoms. The van der Waals surface area contributed by atoms with Crippen LogP contribution in [-0.4, -0.2) is 17.6 Å². The van der Waals surface area contributed by atoms with Gasteiger partial charge in [-0.15, -0.1) is 0 Å². The monoisotopic (exact) mass is 275 g/mol. The molecular weight excluding hydrogens is 265 g/mol. The molecule has 0 saturated carbocycles. The number of amides is 1. The van der Waals surface area contributed by atoms with Crippen LogP contribution in [-0.2, 0) is 11.3 Å². The molecule has 0 aliphatic rings. The maximum atomic E-state index is 13.2. The number of benzene rings is 1. The molecule has 0 bridgehead atoms. The molecule has 1 aromatic carbocycles. The van der Waals surface area contributed by atoms with Gasteiger partial charge in [-0.2, -0.15) is 0 Å². The van der Waals surface area contributed by atoms with Gasteiger partial charge in [0.1, 0.15) is 5.82 Å². The summed E-state index contributed by atoms with van der Waals surface area (Å²) in [5.74, 6) is -0.653. The van der Waals surface area contributed by atoms with Crippen molar-refractivity contribution >= 4 is 21.8 Å². The van der Waals surface area contributed by atoms with E-state index in [0.717, 1.165) is 4.47 Å². The second kappa shape index (κ2) is 5.82. The molecule has 82 valence electrons. The van der Waals surface area contributed by atoms with E-state index in [1.807, 2.05) is 0 Å². The molecule has 0 aliphatic carbocycles. The minimum atomic E-state index is -0.359. The summed E-state index contributed by atoms with van der Waals surface area (Å²) in [6.07, 6.45) is 0.0373. The molecule has 0 radical (unpaired) electrons. The number of hydrogen-bond donors (Lipinski definition) is 2. The Balaban J connectivity index is 2.57. The summed E-state index contributed by atoms with van der Waals surface area (Å²) in [5.41, 5.74) is 0.413. The van der Waals surface area contributed by atoms with Gasteiger partial charge in [-0.05, 0) is 18.2 Å². The molecule has 2 N–H and O–H groups in total. The summed E-state index contributed by atoms with van der Waals surface area (Å²) in [6, 6.07) is 4.53. The SMILES string of the molecule is O=C(CCO)NCc1cc(Br)ccc1F. The Kier molecular flexibility index (Phi) is 4.71. The normalized spacial score (nSPS) is 10.1. The van der Waals surface area contributed by atoms with E-state index in [4.69, 9.17) is 5.11 Å². The fourth-order valence-corrected chi connectivity index (χ4v) is 1.47. The third-order valence-corrected chi connectivity index (χ3v) is 2.32. The van der Waals surface area contributed by atoms with Crippen LogP contribution in [0.3, 0.4) is 0 Å². The van der Waals surface area contributed by atoms with Crippen LogP contribution in [0.5, 0.6) is 0 Å². The molecule has 0 aromatic heterocycles. The van der Waals surface area contributed by atoms with E-state index < -0.39 is 0 Å². The smallest absolute Gasteiger partial charge is 0.222 e. The molecule has 0 fully saturated rings. The maximum absolute atomic E-state index is 13.2. The standard InChI is InChI=1S/C10H11BrFNO2/c11-8-1-2-9(12)7(5-8)6-13-10(15)3-4-14/h1-2,5,14H,3-4,6H2,(H,13,15). The highest BCUT2D eigenvalue weighted by Gasteiger charge is 2.04. The van der Waals surface area contributed by atoms with Gasteiger partial charge >= 0.3 is 0 Å². The molecule has 1 rings (SSSR count). The quantitative estimate of drug-likeness (QED) is 0.877. The summed E-state index contributed by atoms with van der Waals surface area (Å²) in [7, 11) is 0. The lowest BCUT2D eigenvalue weighted by Gasteiger charge is -2.05. The lowest BCUT2D eigenvalue weighted by molar-refractivity contribution is -0.121. The highest BCUT2D eigenvalue weighted by molar-refractivity contribution is 9.10. The Labute approximate surface area is 95.4 Å². The van der Waals surface area contributed by atoms with Crippen molar-refractivity contribution < 1.29 is 14.3 Å². The number of aliphatic hydroxyl groups excluding tert-OH is 1. The van der Waals surface area contributed by atoms with Crippen molar-refractivity contribution in [3.8, 4) is 0 Å².